The minimum Gasteiger partial charge on any atom is -0.390 e. The molecule has 0 aliphatic heterocycles. The van der Waals surface area contributed by atoms with Crippen molar-refractivity contribution in [1.29, 1.82) is 0 Å². The summed E-state index contributed by atoms with van der Waals surface area (Å²) >= 11 is 5.97. The lowest BCUT2D eigenvalue weighted by atomic mass is 10.2. The van der Waals surface area contributed by atoms with Gasteiger partial charge >= 0.3 is 0 Å². The predicted molar refractivity (Wildman–Crippen MR) is 64.1 cm³/mol. The van der Waals surface area contributed by atoms with Crippen molar-refractivity contribution in [2.45, 2.75) is 24.8 Å². The van der Waals surface area contributed by atoms with E-state index in [1.807, 2.05) is 13.0 Å². The minimum absolute atomic E-state index is 0.0206. The van der Waals surface area contributed by atoms with E-state index < -0.39 is 0 Å². The number of aromatic nitrogens is 1. The van der Waals surface area contributed by atoms with E-state index in [0.717, 1.165) is 29.2 Å². The molecule has 1 heterocycles. The summed E-state index contributed by atoms with van der Waals surface area (Å²) in [4.78, 5) is 5.32. The van der Waals surface area contributed by atoms with Crippen LogP contribution < -0.4 is 0 Å². The Labute approximate surface area is 94.5 Å². The van der Waals surface area contributed by atoms with Crippen LogP contribution in [-0.4, -0.2) is 21.6 Å². The van der Waals surface area contributed by atoms with Crippen LogP contribution in [0.4, 0.5) is 0 Å². The van der Waals surface area contributed by atoms with E-state index in [0.29, 0.717) is 0 Å². The van der Waals surface area contributed by atoms with Gasteiger partial charge in [-0.1, -0.05) is 0 Å². The number of pyridine rings is 1. The van der Waals surface area contributed by atoms with E-state index in [1.54, 1.807) is 18.0 Å². The van der Waals surface area contributed by atoms with Gasteiger partial charge in [-0.05, 0) is 36.5 Å². The second-order valence-electron chi connectivity index (χ2n) is 2.96. The van der Waals surface area contributed by atoms with Crippen LogP contribution in [-0.2, 0) is 6.61 Å². The first-order valence-electron chi connectivity index (χ1n) is 4.58. The Bertz CT molecular complexity index is 291. The van der Waals surface area contributed by atoms with Crippen molar-refractivity contribution < 1.29 is 5.11 Å². The van der Waals surface area contributed by atoms with Crippen LogP contribution in [0.5, 0.6) is 0 Å². The molecule has 0 aliphatic carbocycles. The second kappa shape index (κ2) is 6.32. The number of hydrogen-bond acceptors (Lipinski definition) is 4. The first kappa shape index (κ1) is 11.9. The zero-order valence-corrected chi connectivity index (χ0v) is 9.94. The third kappa shape index (κ3) is 3.19. The van der Waals surface area contributed by atoms with Crippen molar-refractivity contribution in [3.63, 3.8) is 0 Å². The van der Waals surface area contributed by atoms with Crippen LogP contribution in [0.2, 0.25) is 0 Å². The minimum atomic E-state index is 0.0206. The maximum Gasteiger partial charge on any atom is 0.0856 e. The largest absolute Gasteiger partial charge is 0.390 e. The highest BCUT2D eigenvalue weighted by Crippen LogP contribution is 2.24. The van der Waals surface area contributed by atoms with Gasteiger partial charge in [-0.2, -0.15) is 12.6 Å². The van der Waals surface area contributed by atoms with Gasteiger partial charge in [0.2, 0.25) is 0 Å². The lowest BCUT2D eigenvalue weighted by Crippen LogP contribution is -1.95. The first-order valence-corrected chi connectivity index (χ1v) is 6.20. The van der Waals surface area contributed by atoms with E-state index in [1.165, 1.54) is 4.90 Å². The average Bonchev–Trinajstić information content (AvgIpc) is 2.21. The van der Waals surface area contributed by atoms with Crippen molar-refractivity contribution in [3.8, 4) is 0 Å². The van der Waals surface area contributed by atoms with E-state index >= 15 is 0 Å². The van der Waals surface area contributed by atoms with Gasteiger partial charge in [-0.25, -0.2) is 0 Å². The number of thioether (sulfide) groups is 1. The number of thiol groups is 1. The Balaban J connectivity index is 2.66. The molecule has 1 aromatic heterocycles. The number of rotatable bonds is 5. The van der Waals surface area contributed by atoms with E-state index in [2.05, 4.69) is 17.6 Å². The summed E-state index contributed by atoms with van der Waals surface area (Å²) in [6.07, 6.45) is 2.85. The lowest BCUT2D eigenvalue weighted by molar-refractivity contribution is 0.275. The quantitative estimate of drug-likeness (QED) is 0.462. The van der Waals surface area contributed by atoms with E-state index in [4.69, 9.17) is 5.11 Å². The van der Waals surface area contributed by atoms with E-state index in [-0.39, 0.29) is 6.61 Å². The molecule has 0 unspecified atom stereocenters. The van der Waals surface area contributed by atoms with Gasteiger partial charge in [0.05, 0.1) is 12.3 Å². The van der Waals surface area contributed by atoms with Crippen LogP contribution in [0.25, 0.3) is 0 Å². The molecule has 1 rings (SSSR count). The Hall–Kier alpha value is -0.190. The Kier molecular flexibility index (Phi) is 5.37. The second-order valence-corrected chi connectivity index (χ2v) is 4.55. The Morgan fingerprint density at radius 3 is 3.00 bits per heavy atom. The fraction of sp³-hybridized carbons (Fsp3) is 0.500. The molecule has 4 heteroatoms. The third-order valence-electron chi connectivity index (χ3n) is 1.97. The molecule has 78 valence electrons. The maximum atomic E-state index is 9.03. The molecule has 0 saturated heterocycles. The fourth-order valence-corrected chi connectivity index (χ4v) is 2.49. The predicted octanol–water partition coefficient (Wildman–Crippen LogP) is 2.29. The number of aliphatic hydroxyl groups excluding tert-OH is 1. The summed E-state index contributed by atoms with van der Waals surface area (Å²) in [6, 6.07) is 2.00. The first-order chi connectivity index (χ1) is 6.79. The molecular formula is C10H15NOS2. The van der Waals surface area contributed by atoms with Gasteiger partial charge in [0.25, 0.3) is 0 Å². The van der Waals surface area contributed by atoms with Gasteiger partial charge in [-0.15, -0.1) is 11.8 Å². The summed E-state index contributed by atoms with van der Waals surface area (Å²) in [5, 5.41) is 9.03. The highest BCUT2D eigenvalue weighted by Gasteiger charge is 2.04. The molecule has 0 saturated carbocycles. The fourth-order valence-electron chi connectivity index (χ4n) is 1.12. The van der Waals surface area contributed by atoms with Gasteiger partial charge < -0.3 is 5.11 Å². The van der Waals surface area contributed by atoms with Crippen molar-refractivity contribution in [3.05, 3.63) is 23.5 Å². The van der Waals surface area contributed by atoms with E-state index in [9.17, 15) is 0 Å². The average molecular weight is 229 g/mol. The molecule has 0 spiro atoms. The van der Waals surface area contributed by atoms with Crippen LogP contribution in [0.3, 0.4) is 0 Å². The Morgan fingerprint density at radius 1 is 1.57 bits per heavy atom. The van der Waals surface area contributed by atoms with Gasteiger partial charge in [0, 0.05) is 11.1 Å². The van der Waals surface area contributed by atoms with Crippen molar-refractivity contribution in [2.24, 2.45) is 0 Å². The molecule has 1 N–H and O–H groups in total. The summed E-state index contributed by atoms with van der Waals surface area (Å²) < 4.78 is 0. The molecule has 0 fully saturated rings. The molecule has 1 aromatic rings. The van der Waals surface area contributed by atoms with Crippen molar-refractivity contribution in [2.75, 3.05) is 11.5 Å². The standard InChI is InChI=1S/C10H15NOS2/c1-8-9(7-12)11-4-3-10(8)14-6-2-5-13/h3-4,12-13H,2,5-7H2,1H3. The van der Waals surface area contributed by atoms with Crippen LogP contribution in [0.15, 0.2) is 17.2 Å². The van der Waals surface area contributed by atoms with Gasteiger partial charge in [-0.3, -0.25) is 4.98 Å². The topological polar surface area (TPSA) is 33.1 Å². The van der Waals surface area contributed by atoms with Crippen LogP contribution >= 0.6 is 24.4 Å². The molecule has 0 amide bonds. The SMILES string of the molecule is Cc1c(SCCCS)ccnc1CO. The summed E-state index contributed by atoms with van der Waals surface area (Å²) in [7, 11) is 0. The van der Waals surface area contributed by atoms with Crippen LogP contribution in [0.1, 0.15) is 17.7 Å². The molecule has 2 nitrogen and oxygen atoms in total. The van der Waals surface area contributed by atoms with Gasteiger partial charge in [0.1, 0.15) is 0 Å². The number of hydrogen-bond donors (Lipinski definition) is 2. The zero-order valence-electron chi connectivity index (χ0n) is 8.23. The maximum absolute atomic E-state index is 9.03. The molecule has 0 aromatic carbocycles. The molecule has 0 radical (unpaired) electrons. The molecule has 0 atom stereocenters. The zero-order chi connectivity index (χ0) is 10.4. The lowest BCUT2D eigenvalue weighted by Gasteiger charge is -2.07. The molecule has 14 heavy (non-hydrogen) atoms. The third-order valence-corrected chi connectivity index (χ3v) is 3.53. The van der Waals surface area contributed by atoms with Crippen LogP contribution in [0, 0.1) is 6.92 Å². The highest BCUT2D eigenvalue weighted by molar-refractivity contribution is 7.99. The molecule has 0 aliphatic rings. The summed E-state index contributed by atoms with van der Waals surface area (Å²) in [5.41, 5.74) is 1.88. The normalized spacial score (nSPS) is 10.5. The highest BCUT2D eigenvalue weighted by atomic mass is 32.2. The molecular weight excluding hydrogens is 214 g/mol. The summed E-state index contributed by atoms with van der Waals surface area (Å²) in [6.45, 7) is 2.02. The van der Waals surface area contributed by atoms with Crippen molar-refractivity contribution >= 4 is 24.4 Å². The molecule has 0 bridgehead atoms. The monoisotopic (exact) mass is 229 g/mol. The number of aliphatic hydroxyl groups is 1. The summed E-state index contributed by atoms with van der Waals surface area (Å²) in [5.74, 6) is 1.99. The van der Waals surface area contributed by atoms with Gasteiger partial charge in [0.15, 0.2) is 0 Å². The van der Waals surface area contributed by atoms with Crippen molar-refractivity contribution in [1.82, 2.24) is 4.98 Å². The number of nitrogens with zero attached hydrogens (tertiary/aromatic N) is 1. The Morgan fingerprint density at radius 2 is 2.36 bits per heavy atom. The smallest absolute Gasteiger partial charge is 0.0856 e.